The summed E-state index contributed by atoms with van der Waals surface area (Å²) in [6, 6.07) is 5.20. The Balaban J connectivity index is 1.45. The Morgan fingerprint density at radius 1 is 1.31 bits per heavy atom. The summed E-state index contributed by atoms with van der Waals surface area (Å²) in [5.74, 6) is -0.184. The smallest absolute Gasteiger partial charge is 0.324 e. The summed E-state index contributed by atoms with van der Waals surface area (Å²) in [6.07, 6.45) is 2.13. The SMILES string of the molecule is CCc1nc2ccc(C(=O)N3CCC(N4C(=O)CNC4=O)CC3)cc2s1. The van der Waals surface area contributed by atoms with E-state index >= 15 is 0 Å². The number of aryl methyl sites for hydroxylation is 1. The Morgan fingerprint density at radius 2 is 2.08 bits per heavy atom. The van der Waals surface area contributed by atoms with Gasteiger partial charge in [-0.3, -0.25) is 14.5 Å². The molecular formula is C18H20N4O3S. The molecule has 0 radical (unpaired) electrons. The van der Waals surface area contributed by atoms with Crippen molar-refractivity contribution in [2.45, 2.75) is 32.2 Å². The van der Waals surface area contributed by atoms with Crippen molar-refractivity contribution in [1.82, 2.24) is 20.1 Å². The molecule has 0 saturated carbocycles. The van der Waals surface area contributed by atoms with Crippen LogP contribution < -0.4 is 5.32 Å². The normalized spacial score (nSPS) is 18.7. The fourth-order valence-corrected chi connectivity index (χ4v) is 4.52. The number of carbonyl (C=O) groups excluding carboxylic acids is 3. The molecular weight excluding hydrogens is 352 g/mol. The molecule has 2 aliphatic rings. The van der Waals surface area contributed by atoms with E-state index in [1.165, 1.54) is 4.90 Å². The molecule has 4 rings (SSSR count). The molecule has 0 bridgehead atoms. The number of fused-ring (bicyclic) bond motifs is 1. The van der Waals surface area contributed by atoms with Gasteiger partial charge in [-0.25, -0.2) is 9.78 Å². The molecule has 2 aromatic rings. The summed E-state index contributed by atoms with van der Waals surface area (Å²) >= 11 is 1.62. The molecule has 1 aromatic heterocycles. The van der Waals surface area contributed by atoms with E-state index in [2.05, 4.69) is 17.2 Å². The highest BCUT2D eigenvalue weighted by molar-refractivity contribution is 7.18. The minimum Gasteiger partial charge on any atom is -0.338 e. The molecule has 2 aliphatic heterocycles. The first kappa shape index (κ1) is 17.0. The van der Waals surface area contributed by atoms with Gasteiger partial charge in [0, 0.05) is 24.7 Å². The average molecular weight is 372 g/mol. The number of amides is 4. The van der Waals surface area contributed by atoms with Crippen LogP contribution in [0.2, 0.25) is 0 Å². The zero-order valence-corrected chi connectivity index (χ0v) is 15.3. The van der Waals surface area contributed by atoms with Crippen LogP contribution in [0.5, 0.6) is 0 Å². The molecule has 2 fully saturated rings. The zero-order valence-electron chi connectivity index (χ0n) is 14.5. The van der Waals surface area contributed by atoms with Crippen LogP contribution in [0.4, 0.5) is 4.79 Å². The third-order valence-corrected chi connectivity index (χ3v) is 6.14. The van der Waals surface area contributed by atoms with Gasteiger partial charge in [0.2, 0.25) is 5.91 Å². The zero-order chi connectivity index (χ0) is 18.3. The first-order valence-electron chi connectivity index (χ1n) is 8.85. The summed E-state index contributed by atoms with van der Waals surface area (Å²) in [6.45, 7) is 3.23. The number of thiazole rings is 1. The number of likely N-dealkylation sites (tertiary alicyclic amines) is 1. The fraction of sp³-hybridized carbons (Fsp3) is 0.444. The van der Waals surface area contributed by atoms with Gasteiger partial charge in [0.05, 0.1) is 21.8 Å². The Morgan fingerprint density at radius 3 is 2.73 bits per heavy atom. The molecule has 3 heterocycles. The minimum absolute atomic E-state index is 0.00556. The number of benzene rings is 1. The van der Waals surface area contributed by atoms with Crippen LogP contribution in [0.25, 0.3) is 10.2 Å². The molecule has 1 aromatic carbocycles. The molecule has 2 saturated heterocycles. The van der Waals surface area contributed by atoms with Crippen LogP contribution in [0.3, 0.4) is 0 Å². The van der Waals surface area contributed by atoms with Crippen molar-refractivity contribution in [3.05, 3.63) is 28.8 Å². The van der Waals surface area contributed by atoms with E-state index in [9.17, 15) is 14.4 Å². The number of carbonyl (C=O) groups is 3. The van der Waals surface area contributed by atoms with Gasteiger partial charge < -0.3 is 10.2 Å². The lowest BCUT2D eigenvalue weighted by Crippen LogP contribution is -2.49. The van der Waals surface area contributed by atoms with E-state index in [0.29, 0.717) is 31.5 Å². The van der Waals surface area contributed by atoms with Crippen molar-refractivity contribution in [1.29, 1.82) is 0 Å². The van der Waals surface area contributed by atoms with Crippen molar-refractivity contribution in [2.24, 2.45) is 0 Å². The molecule has 0 spiro atoms. The second kappa shape index (κ2) is 6.68. The van der Waals surface area contributed by atoms with Gasteiger partial charge in [-0.05, 0) is 37.5 Å². The highest BCUT2D eigenvalue weighted by Gasteiger charge is 2.37. The number of imide groups is 1. The second-order valence-corrected chi connectivity index (χ2v) is 7.70. The number of nitrogens with zero attached hydrogens (tertiary/aromatic N) is 3. The summed E-state index contributed by atoms with van der Waals surface area (Å²) in [5.41, 5.74) is 1.60. The van der Waals surface area contributed by atoms with E-state index in [-0.39, 0.29) is 30.4 Å². The molecule has 7 nitrogen and oxygen atoms in total. The predicted octanol–water partition coefficient (Wildman–Crippen LogP) is 2.02. The number of aromatic nitrogens is 1. The van der Waals surface area contributed by atoms with Gasteiger partial charge in [-0.2, -0.15) is 0 Å². The number of hydrogen-bond acceptors (Lipinski definition) is 5. The van der Waals surface area contributed by atoms with Crippen molar-refractivity contribution in [3.63, 3.8) is 0 Å². The van der Waals surface area contributed by atoms with Crippen LogP contribution in [0, 0.1) is 0 Å². The number of piperidine rings is 1. The van der Waals surface area contributed by atoms with Crippen LogP contribution in [0.15, 0.2) is 18.2 Å². The topological polar surface area (TPSA) is 82.6 Å². The molecule has 0 atom stereocenters. The third kappa shape index (κ3) is 2.94. The van der Waals surface area contributed by atoms with Gasteiger partial charge in [-0.15, -0.1) is 11.3 Å². The number of nitrogens with one attached hydrogen (secondary N) is 1. The van der Waals surface area contributed by atoms with Crippen molar-refractivity contribution in [2.75, 3.05) is 19.6 Å². The van der Waals surface area contributed by atoms with E-state index in [4.69, 9.17) is 0 Å². The van der Waals surface area contributed by atoms with Crippen LogP contribution in [-0.4, -0.2) is 58.3 Å². The lowest BCUT2D eigenvalue weighted by Gasteiger charge is -2.35. The maximum atomic E-state index is 12.8. The molecule has 1 N–H and O–H groups in total. The number of hydrogen-bond donors (Lipinski definition) is 1. The van der Waals surface area contributed by atoms with E-state index in [1.807, 2.05) is 18.2 Å². The van der Waals surface area contributed by atoms with Gasteiger partial charge in [-0.1, -0.05) is 6.92 Å². The summed E-state index contributed by atoms with van der Waals surface area (Å²) in [7, 11) is 0. The molecule has 136 valence electrons. The maximum absolute atomic E-state index is 12.8. The van der Waals surface area contributed by atoms with Gasteiger partial charge in [0.15, 0.2) is 0 Å². The number of urea groups is 1. The average Bonchev–Trinajstić information content (AvgIpc) is 3.23. The molecule has 0 aliphatic carbocycles. The maximum Gasteiger partial charge on any atom is 0.324 e. The quantitative estimate of drug-likeness (QED) is 0.836. The minimum atomic E-state index is -0.317. The monoisotopic (exact) mass is 372 g/mol. The second-order valence-electron chi connectivity index (χ2n) is 6.59. The predicted molar refractivity (Wildman–Crippen MR) is 98.2 cm³/mol. The van der Waals surface area contributed by atoms with Crippen molar-refractivity contribution >= 4 is 39.4 Å². The van der Waals surface area contributed by atoms with Gasteiger partial charge in [0.1, 0.15) is 0 Å². The first-order chi connectivity index (χ1) is 12.6. The van der Waals surface area contributed by atoms with E-state index in [0.717, 1.165) is 21.6 Å². The molecule has 4 amide bonds. The van der Waals surface area contributed by atoms with Crippen molar-refractivity contribution < 1.29 is 14.4 Å². The Bertz CT molecular complexity index is 870. The van der Waals surface area contributed by atoms with Crippen molar-refractivity contribution in [3.8, 4) is 0 Å². The third-order valence-electron chi connectivity index (χ3n) is 4.98. The summed E-state index contributed by atoms with van der Waals surface area (Å²) in [5, 5.41) is 3.62. The standard InChI is InChI=1S/C18H20N4O3S/c1-2-15-20-13-4-3-11(9-14(13)26-15)17(24)21-7-5-12(6-8-21)22-16(23)10-19-18(22)25/h3-4,9,12H,2,5-8,10H2,1H3,(H,19,25). The first-order valence-corrected chi connectivity index (χ1v) is 9.67. The Labute approximate surface area is 155 Å². The van der Waals surface area contributed by atoms with Crippen LogP contribution >= 0.6 is 11.3 Å². The van der Waals surface area contributed by atoms with E-state index in [1.54, 1.807) is 16.2 Å². The lowest BCUT2D eigenvalue weighted by atomic mass is 10.0. The molecule has 26 heavy (non-hydrogen) atoms. The van der Waals surface area contributed by atoms with Crippen LogP contribution in [-0.2, 0) is 11.2 Å². The molecule has 8 heteroatoms. The molecule has 0 unspecified atom stereocenters. The van der Waals surface area contributed by atoms with Crippen LogP contribution in [0.1, 0.15) is 35.1 Å². The highest BCUT2D eigenvalue weighted by atomic mass is 32.1. The Kier molecular flexibility index (Phi) is 4.36. The van der Waals surface area contributed by atoms with E-state index < -0.39 is 0 Å². The highest BCUT2D eigenvalue weighted by Crippen LogP contribution is 2.25. The van der Waals surface area contributed by atoms with Gasteiger partial charge >= 0.3 is 6.03 Å². The largest absolute Gasteiger partial charge is 0.338 e. The summed E-state index contributed by atoms with van der Waals surface area (Å²) in [4.78, 5) is 44.1. The number of rotatable bonds is 3. The lowest BCUT2D eigenvalue weighted by molar-refractivity contribution is -0.127. The van der Waals surface area contributed by atoms with Gasteiger partial charge in [0.25, 0.3) is 5.91 Å². The fourth-order valence-electron chi connectivity index (χ4n) is 3.57. The Hall–Kier alpha value is -2.48. The summed E-state index contributed by atoms with van der Waals surface area (Å²) < 4.78 is 1.03.